The van der Waals surface area contributed by atoms with Gasteiger partial charge in [-0.25, -0.2) is 0 Å². The molecule has 0 saturated carbocycles. The number of hydrogen-bond acceptors (Lipinski definition) is 2. The zero-order valence-electron chi connectivity index (χ0n) is 10.8. The van der Waals surface area contributed by atoms with Gasteiger partial charge in [0.25, 0.3) is 0 Å². The maximum Gasteiger partial charge on any atom is 0.228 e. The Bertz CT molecular complexity index is 745. The predicted octanol–water partition coefficient (Wildman–Crippen LogP) is 3.05. The number of phenolic OH excluding ortho intramolecular Hbond substituents is 1. The molecule has 20 heavy (non-hydrogen) atoms. The van der Waals surface area contributed by atoms with Gasteiger partial charge in [0, 0.05) is 11.6 Å². The van der Waals surface area contributed by atoms with Gasteiger partial charge in [0.15, 0.2) is 0 Å². The van der Waals surface area contributed by atoms with Crippen LogP contribution in [0.3, 0.4) is 0 Å². The lowest BCUT2D eigenvalue weighted by Gasteiger charge is -2.07. The quantitative estimate of drug-likeness (QED) is 0.682. The zero-order chi connectivity index (χ0) is 13.9. The van der Waals surface area contributed by atoms with Crippen molar-refractivity contribution in [2.24, 2.45) is 0 Å². The highest BCUT2D eigenvalue weighted by Crippen LogP contribution is 2.21. The second-order valence-electron chi connectivity index (χ2n) is 4.64. The summed E-state index contributed by atoms with van der Waals surface area (Å²) in [5.41, 5.74) is 2.56. The monoisotopic (exact) mass is 266 g/mol. The number of H-pyrrole nitrogens is 1. The van der Waals surface area contributed by atoms with E-state index in [-0.39, 0.29) is 18.1 Å². The van der Waals surface area contributed by atoms with Crippen molar-refractivity contribution in [1.82, 2.24) is 4.98 Å². The number of aromatic nitrogens is 1. The van der Waals surface area contributed by atoms with Crippen LogP contribution in [0.2, 0.25) is 0 Å². The summed E-state index contributed by atoms with van der Waals surface area (Å²) in [5, 5.41) is 13.2. The van der Waals surface area contributed by atoms with Gasteiger partial charge in [0.1, 0.15) is 5.75 Å². The molecule has 2 aromatic carbocycles. The summed E-state index contributed by atoms with van der Waals surface area (Å²) in [5.74, 6) is 0.114. The number of para-hydroxylation sites is 1. The molecule has 0 aliphatic carbocycles. The van der Waals surface area contributed by atoms with Crippen molar-refractivity contribution in [1.29, 1.82) is 0 Å². The number of amides is 1. The Morgan fingerprint density at radius 1 is 1.10 bits per heavy atom. The summed E-state index contributed by atoms with van der Waals surface area (Å²) >= 11 is 0. The Kier molecular flexibility index (Phi) is 3.13. The topological polar surface area (TPSA) is 65.1 Å². The first kappa shape index (κ1) is 12.3. The van der Waals surface area contributed by atoms with Crippen LogP contribution in [-0.2, 0) is 11.2 Å². The van der Waals surface area contributed by atoms with Crippen LogP contribution in [-0.4, -0.2) is 16.0 Å². The fourth-order valence-corrected chi connectivity index (χ4v) is 2.18. The van der Waals surface area contributed by atoms with Gasteiger partial charge in [-0.3, -0.25) is 4.79 Å². The smallest absolute Gasteiger partial charge is 0.228 e. The lowest BCUT2D eigenvalue weighted by molar-refractivity contribution is -0.115. The molecule has 0 radical (unpaired) electrons. The average Bonchev–Trinajstić information content (AvgIpc) is 2.91. The molecule has 0 saturated heterocycles. The van der Waals surface area contributed by atoms with Crippen LogP contribution in [0.4, 0.5) is 5.69 Å². The molecule has 0 fully saturated rings. The zero-order valence-corrected chi connectivity index (χ0v) is 10.8. The molecular weight excluding hydrogens is 252 g/mol. The number of nitrogens with one attached hydrogen (secondary N) is 2. The van der Waals surface area contributed by atoms with E-state index in [0.29, 0.717) is 0 Å². The van der Waals surface area contributed by atoms with Crippen LogP contribution >= 0.6 is 0 Å². The molecule has 0 spiro atoms. The Morgan fingerprint density at radius 3 is 2.70 bits per heavy atom. The Morgan fingerprint density at radius 2 is 1.90 bits per heavy atom. The van der Waals surface area contributed by atoms with E-state index in [4.69, 9.17) is 0 Å². The molecule has 1 heterocycles. The fourth-order valence-electron chi connectivity index (χ4n) is 2.18. The van der Waals surface area contributed by atoms with Crippen molar-refractivity contribution in [2.45, 2.75) is 6.42 Å². The minimum Gasteiger partial charge on any atom is -0.508 e. The van der Waals surface area contributed by atoms with E-state index in [1.54, 1.807) is 24.3 Å². The van der Waals surface area contributed by atoms with Gasteiger partial charge in [-0.05, 0) is 29.8 Å². The Labute approximate surface area is 116 Å². The molecule has 3 N–H and O–H groups in total. The highest BCUT2D eigenvalue weighted by molar-refractivity contribution is 6.01. The van der Waals surface area contributed by atoms with Crippen LogP contribution in [0.5, 0.6) is 5.75 Å². The van der Waals surface area contributed by atoms with Crippen molar-refractivity contribution >= 4 is 22.5 Å². The van der Waals surface area contributed by atoms with Gasteiger partial charge in [0.05, 0.1) is 17.6 Å². The molecule has 3 rings (SSSR count). The average molecular weight is 266 g/mol. The minimum atomic E-state index is -0.0854. The lowest BCUT2D eigenvalue weighted by atomic mass is 10.1. The van der Waals surface area contributed by atoms with Crippen LogP contribution in [0, 0.1) is 0 Å². The molecule has 0 unspecified atom stereocenters. The SMILES string of the molecule is O=C(Cc1ccc(O)cc1)Nc1cccc2cc[nH]c12. The molecule has 4 heteroatoms. The summed E-state index contributed by atoms with van der Waals surface area (Å²) in [6, 6.07) is 14.4. The Hall–Kier alpha value is -2.75. The largest absolute Gasteiger partial charge is 0.508 e. The maximum atomic E-state index is 12.0. The van der Waals surface area contributed by atoms with Crippen LogP contribution in [0.15, 0.2) is 54.7 Å². The van der Waals surface area contributed by atoms with Crippen molar-refractivity contribution in [3.63, 3.8) is 0 Å². The summed E-state index contributed by atoms with van der Waals surface area (Å²) in [7, 11) is 0. The van der Waals surface area contributed by atoms with E-state index in [9.17, 15) is 9.90 Å². The number of carbonyl (C=O) groups is 1. The third kappa shape index (κ3) is 2.49. The molecule has 3 aromatic rings. The maximum absolute atomic E-state index is 12.0. The van der Waals surface area contributed by atoms with E-state index in [0.717, 1.165) is 22.2 Å². The third-order valence-corrected chi connectivity index (χ3v) is 3.16. The lowest BCUT2D eigenvalue weighted by Crippen LogP contribution is -2.14. The fraction of sp³-hybridized carbons (Fsp3) is 0.0625. The molecular formula is C16H14N2O2. The molecule has 0 aliphatic rings. The first-order chi connectivity index (χ1) is 9.72. The second kappa shape index (κ2) is 5.09. The summed E-state index contributed by atoms with van der Waals surface area (Å²) in [4.78, 5) is 15.2. The van der Waals surface area contributed by atoms with Crippen molar-refractivity contribution in [3.05, 3.63) is 60.3 Å². The number of carbonyl (C=O) groups excluding carboxylic acids is 1. The highest BCUT2D eigenvalue weighted by atomic mass is 16.3. The Balaban J connectivity index is 1.76. The van der Waals surface area contributed by atoms with Crippen LogP contribution < -0.4 is 5.32 Å². The standard InChI is InChI=1S/C16H14N2O2/c19-13-6-4-11(5-7-13)10-15(20)18-14-3-1-2-12-8-9-17-16(12)14/h1-9,17,19H,10H2,(H,18,20). The molecule has 0 bridgehead atoms. The van der Waals surface area contributed by atoms with Crippen LogP contribution in [0.1, 0.15) is 5.56 Å². The number of aromatic amines is 1. The molecule has 1 aromatic heterocycles. The van der Waals surface area contributed by atoms with Crippen molar-refractivity contribution < 1.29 is 9.90 Å². The van der Waals surface area contributed by atoms with E-state index in [1.165, 1.54) is 0 Å². The number of aromatic hydroxyl groups is 1. The van der Waals surface area contributed by atoms with Crippen molar-refractivity contribution in [2.75, 3.05) is 5.32 Å². The molecule has 0 aliphatic heterocycles. The van der Waals surface area contributed by atoms with Gasteiger partial charge in [0.2, 0.25) is 5.91 Å². The number of phenols is 1. The number of anilines is 1. The van der Waals surface area contributed by atoms with E-state index >= 15 is 0 Å². The minimum absolute atomic E-state index is 0.0854. The van der Waals surface area contributed by atoms with Crippen molar-refractivity contribution in [3.8, 4) is 5.75 Å². The molecule has 4 nitrogen and oxygen atoms in total. The van der Waals surface area contributed by atoms with Gasteiger partial charge < -0.3 is 15.4 Å². The number of hydrogen-bond donors (Lipinski definition) is 3. The molecule has 100 valence electrons. The normalized spacial score (nSPS) is 10.6. The summed E-state index contributed by atoms with van der Waals surface area (Å²) in [6.07, 6.45) is 2.12. The summed E-state index contributed by atoms with van der Waals surface area (Å²) in [6.45, 7) is 0. The van der Waals surface area contributed by atoms with E-state index in [2.05, 4.69) is 10.3 Å². The molecule has 0 atom stereocenters. The van der Waals surface area contributed by atoms with Gasteiger partial charge in [-0.2, -0.15) is 0 Å². The van der Waals surface area contributed by atoms with Crippen LogP contribution in [0.25, 0.3) is 10.9 Å². The first-order valence-electron chi connectivity index (χ1n) is 6.36. The second-order valence-corrected chi connectivity index (χ2v) is 4.64. The van der Waals surface area contributed by atoms with Gasteiger partial charge >= 0.3 is 0 Å². The van der Waals surface area contributed by atoms with E-state index < -0.39 is 0 Å². The molecule has 1 amide bonds. The number of fused-ring (bicyclic) bond motifs is 1. The third-order valence-electron chi connectivity index (χ3n) is 3.16. The number of rotatable bonds is 3. The summed E-state index contributed by atoms with van der Waals surface area (Å²) < 4.78 is 0. The number of benzene rings is 2. The van der Waals surface area contributed by atoms with E-state index in [1.807, 2.05) is 30.5 Å². The first-order valence-corrected chi connectivity index (χ1v) is 6.36. The van der Waals surface area contributed by atoms with Gasteiger partial charge in [-0.1, -0.05) is 24.3 Å². The van der Waals surface area contributed by atoms with Gasteiger partial charge in [-0.15, -0.1) is 0 Å². The predicted molar refractivity (Wildman–Crippen MR) is 78.7 cm³/mol. The highest BCUT2D eigenvalue weighted by Gasteiger charge is 2.07.